The number of benzene rings is 1. The summed E-state index contributed by atoms with van der Waals surface area (Å²) in [5.74, 6) is -0.278. The Morgan fingerprint density at radius 2 is 1.94 bits per heavy atom. The van der Waals surface area contributed by atoms with Gasteiger partial charge in [-0.2, -0.15) is 0 Å². The highest BCUT2D eigenvalue weighted by atomic mass is 19.1. The molecule has 1 amide bonds. The first-order chi connectivity index (χ1) is 8.45. The number of aryl methyl sites for hydroxylation is 2. The van der Waals surface area contributed by atoms with Gasteiger partial charge >= 0.3 is 0 Å². The maximum Gasteiger partial charge on any atom is 0.223 e. The summed E-state index contributed by atoms with van der Waals surface area (Å²) in [6.45, 7) is 6.23. The Kier molecular flexibility index (Phi) is 5.28. The number of amides is 1. The molecule has 0 aliphatic rings. The first-order valence-corrected chi connectivity index (χ1v) is 6.19. The van der Waals surface area contributed by atoms with E-state index in [4.69, 9.17) is 5.73 Å². The Labute approximate surface area is 108 Å². The molecule has 1 aromatic carbocycles. The predicted molar refractivity (Wildman–Crippen MR) is 70.6 cm³/mol. The van der Waals surface area contributed by atoms with Crippen molar-refractivity contribution in [3.63, 3.8) is 0 Å². The molecule has 4 heteroatoms. The highest BCUT2D eigenvalue weighted by molar-refractivity contribution is 5.78. The SMILES string of the molecule is Cc1cc(CNC(=O)C(C)CCN)cc(C)c1F. The van der Waals surface area contributed by atoms with Crippen molar-refractivity contribution in [2.45, 2.75) is 33.7 Å². The molecule has 3 nitrogen and oxygen atoms in total. The molecule has 0 aromatic heterocycles. The molecule has 0 heterocycles. The van der Waals surface area contributed by atoms with Crippen molar-refractivity contribution in [3.05, 3.63) is 34.6 Å². The lowest BCUT2D eigenvalue weighted by Crippen LogP contribution is -2.30. The third kappa shape index (κ3) is 3.81. The zero-order valence-corrected chi connectivity index (χ0v) is 11.2. The van der Waals surface area contributed by atoms with Gasteiger partial charge in [-0.25, -0.2) is 4.39 Å². The summed E-state index contributed by atoms with van der Waals surface area (Å²) in [5, 5.41) is 2.84. The van der Waals surface area contributed by atoms with Gasteiger partial charge in [-0.05, 0) is 43.5 Å². The molecular formula is C14H21FN2O. The van der Waals surface area contributed by atoms with E-state index in [-0.39, 0.29) is 17.6 Å². The second-order valence-electron chi connectivity index (χ2n) is 4.74. The van der Waals surface area contributed by atoms with Gasteiger partial charge in [-0.15, -0.1) is 0 Å². The molecule has 0 aliphatic carbocycles. The summed E-state index contributed by atoms with van der Waals surface area (Å²) in [6.07, 6.45) is 0.674. The lowest BCUT2D eigenvalue weighted by Gasteiger charge is -2.12. The maximum absolute atomic E-state index is 13.4. The molecule has 0 spiro atoms. The molecule has 1 unspecified atom stereocenters. The van der Waals surface area contributed by atoms with Crippen LogP contribution in [0.15, 0.2) is 12.1 Å². The molecule has 0 saturated carbocycles. The smallest absolute Gasteiger partial charge is 0.223 e. The van der Waals surface area contributed by atoms with E-state index >= 15 is 0 Å². The van der Waals surface area contributed by atoms with E-state index in [0.29, 0.717) is 30.6 Å². The molecule has 1 rings (SSSR count). The van der Waals surface area contributed by atoms with Crippen LogP contribution >= 0.6 is 0 Å². The first-order valence-electron chi connectivity index (χ1n) is 6.19. The Hall–Kier alpha value is -1.42. The number of carbonyl (C=O) groups is 1. The summed E-state index contributed by atoms with van der Waals surface area (Å²) >= 11 is 0. The zero-order valence-electron chi connectivity index (χ0n) is 11.2. The lowest BCUT2D eigenvalue weighted by atomic mass is 10.1. The predicted octanol–water partition coefficient (Wildman–Crippen LogP) is 2.04. The molecule has 1 aromatic rings. The van der Waals surface area contributed by atoms with E-state index in [0.717, 1.165) is 5.56 Å². The summed E-state index contributed by atoms with van der Waals surface area (Å²) < 4.78 is 13.4. The quantitative estimate of drug-likeness (QED) is 0.842. The topological polar surface area (TPSA) is 55.1 Å². The number of hydrogen-bond acceptors (Lipinski definition) is 2. The highest BCUT2D eigenvalue weighted by Crippen LogP contribution is 2.14. The van der Waals surface area contributed by atoms with Crippen LogP contribution in [0.3, 0.4) is 0 Å². The number of carbonyl (C=O) groups excluding carboxylic acids is 1. The molecule has 0 aliphatic heterocycles. The summed E-state index contributed by atoms with van der Waals surface area (Å²) in [5.41, 5.74) is 7.54. The van der Waals surface area contributed by atoms with Crippen molar-refractivity contribution < 1.29 is 9.18 Å². The van der Waals surface area contributed by atoms with Gasteiger partial charge in [-0.1, -0.05) is 19.1 Å². The molecule has 0 saturated heterocycles. The average molecular weight is 252 g/mol. The van der Waals surface area contributed by atoms with E-state index in [1.165, 1.54) is 0 Å². The van der Waals surface area contributed by atoms with Gasteiger partial charge < -0.3 is 11.1 Å². The standard InChI is InChI=1S/C14H21FN2O/c1-9(4-5-16)14(18)17-8-12-6-10(2)13(15)11(3)7-12/h6-7,9H,4-5,8,16H2,1-3H3,(H,17,18). The summed E-state index contributed by atoms with van der Waals surface area (Å²) in [7, 11) is 0. The fourth-order valence-electron chi connectivity index (χ4n) is 1.88. The third-order valence-corrected chi connectivity index (χ3v) is 3.01. The number of nitrogens with one attached hydrogen (secondary N) is 1. The highest BCUT2D eigenvalue weighted by Gasteiger charge is 2.11. The van der Waals surface area contributed by atoms with E-state index in [1.807, 2.05) is 6.92 Å². The molecule has 0 fully saturated rings. The second kappa shape index (κ2) is 6.50. The molecule has 100 valence electrons. The monoisotopic (exact) mass is 252 g/mol. The Balaban J connectivity index is 2.61. The number of halogens is 1. The zero-order chi connectivity index (χ0) is 13.7. The van der Waals surface area contributed by atoms with Gasteiger partial charge in [-0.3, -0.25) is 4.79 Å². The van der Waals surface area contributed by atoms with Crippen LogP contribution in [0.2, 0.25) is 0 Å². The number of nitrogens with two attached hydrogens (primary N) is 1. The van der Waals surface area contributed by atoms with Crippen LogP contribution < -0.4 is 11.1 Å². The Morgan fingerprint density at radius 3 is 2.44 bits per heavy atom. The lowest BCUT2D eigenvalue weighted by molar-refractivity contribution is -0.124. The van der Waals surface area contributed by atoms with E-state index < -0.39 is 0 Å². The Bertz CT molecular complexity index is 409. The van der Waals surface area contributed by atoms with E-state index in [1.54, 1.807) is 26.0 Å². The summed E-state index contributed by atoms with van der Waals surface area (Å²) in [6, 6.07) is 3.52. The normalized spacial score (nSPS) is 12.3. The molecule has 0 radical (unpaired) electrons. The molecule has 3 N–H and O–H groups in total. The van der Waals surface area contributed by atoms with Gasteiger partial charge in [0, 0.05) is 12.5 Å². The minimum absolute atomic E-state index is 0.0138. The fourth-order valence-corrected chi connectivity index (χ4v) is 1.88. The van der Waals surface area contributed by atoms with Crippen molar-refractivity contribution in [2.24, 2.45) is 11.7 Å². The van der Waals surface area contributed by atoms with Crippen molar-refractivity contribution in [2.75, 3.05) is 6.54 Å². The minimum Gasteiger partial charge on any atom is -0.352 e. The van der Waals surface area contributed by atoms with Crippen molar-refractivity contribution >= 4 is 5.91 Å². The molecular weight excluding hydrogens is 231 g/mol. The molecule has 0 bridgehead atoms. The van der Waals surface area contributed by atoms with E-state index in [2.05, 4.69) is 5.32 Å². The van der Waals surface area contributed by atoms with Gasteiger partial charge in [0.1, 0.15) is 5.82 Å². The van der Waals surface area contributed by atoms with Crippen molar-refractivity contribution in [1.29, 1.82) is 0 Å². The maximum atomic E-state index is 13.4. The Morgan fingerprint density at radius 1 is 1.39 bits per heavy atom. The number of rotatable bonds is 5. The van der Waals surface area contributed by atoms with Gasteiger partial charge in [0.15, 0.2) is 0 Å². The van der Waals surface area contributed by atoms with Crippen LogP contribution in [-0.4, -0.2) is 12.5 Å². The fraction of sp³-hybridized carbons (Fsp3) is 0.500. The van der Waals surface area contributed by atoms with Crippen molar-refractivity contribution in [3.8, 4) is 0 Å². The van der Waals surface area contributed by atoms with E-state index in [9.17, 15) is 9.18 Å². The summed E-state index contributed by atoms with van der Waals surface area (Å²) in [4.78, 5) is 11.7. The minimum atomic E-state index is -0.179. The van der Waals surface area contributed by atoms with Crippen LogP contribution in [0, 0.1) is 25.6 Å². The second-order valence-corrected chi connectivity index (χ2v) is 4.74. The van der Waals surface area contributed by atoms with Crippen LogP contribution in [0.5, 0.6) is 0 Å². The van der Waals surface area contributed by atoms with Crippen LogP contribution in [0.1, 0.15) is 30.0 Å². The average Bonchev–Trinajstić information content (AvgIpc) is 2.33. The molecule has 1 atom stereocenters. The van der Waals surface area contributed by atoms with Crippen LogP contribution in [0.4, 0.5) is 4.39 Å². The van der Waals surface area contributed by atoms with Crippen LogP contribution in [0.25, 0.3) is 0 Å². The molecule has 18 heavy (non-hydrogen) atoms. The van der Waals surface area contributed by atoms with Gasteiger partial charge in [0.25, 0.3) is 0 Å². The third-order valence-electron chi connectivity index (χ3n) is 3.01. The number of hydrogen-bond donors (Lipinski definition) is 2. The first kappa shape index (κ1) is 14.6. The van der Waals surface area contributed by atoms with Gasteiger partial charge in [0.05, 0.1) is 0 Å². The largest absolute Gasteiger partial charge is 0.352 e. The van der Waals surface area contributed by atoms with Crippen LogP contribution in [-0.2, 0) is 11.3 Å². The van der Waals surface area contributed by atoms with Gasteiger partial charge in [0.2, 0.25) is 5.91 Å². The van der Waals surface area contributed by atoms with Crippen molar-refractivity contribution in [1.82, 2.24) is 5.32 Å².